The third kappa shape index (κ3) is 3.15. The second-order valence-corrected chi connectivity index (χ2v) is 7.30. The maximum Gasteiger partial charge on any atom is 0.335 e. The summed E-state index contributed by atoms with van der Waals surface area (Å²) in [6, 6.07) is 11.4. The van der Waals surface area contributed by atoms with Gasteiger partial charge in [0.25, 0.3) is 0 Å². The quantitative estimate of drug-likeness (QED) is 0.400. The van der Waals surface area contributed by atoms with E-state index >= 15 is 0 Å². The van der Waals surface area contributed by atoms with Crippen LogP contribution in [0.4, 0.5) is 0 Å². The number of fused-ring (bicyclic) bond motifs is 2. The molecule has 0 fully saturated rings. The number of carbonyl (C=O) groups is 1. The molecule has 0 atom stereocenters. The molecule has 9 heteroatoms. The molecule has 0 aliphatic rings. The van der Waals surface area contributed by atoms with Crippen LogP contribution in [0.2, 0.25) is 0 Å². The van der Waals surface area contributed by atoms with Crippen molar-refractivity contribution in [2.45, 2.75) is 20.4 Å². The van der Waals surface area contributed by atoms with Crippen LogP contribution in [0.1, 0.15) is 12.5 Å². The van der Waals surface area contributed by atoms with Crippen LogP contribution in [0, 0.1) is 6.92 Å². The number of carbonyl (C=O) groups excluding carboxylic acids is 1. The van der Waals surface area contributed by atoms with Crippen LogP contribution < -0.4 is 5.69 Å². The molecule has 5 rings (SSSR count). The number of pyridine rings is 1. The van der Waals surface area contributed by atoms with E-state index in [2.05, 4.69) is 15.1 Å². The lowest BCUT2D eigenvalue weighted by Crippen LogP contribution is -2.27. The Morgan fingerprint density at radius 1 is 1.03 bits per heavy atom. The van der Waals surface area contributed by atoms with Gasteiger partial charge in [-0.15, -0.1) is 0 Å². The molecule has 0 aliphatic carbocycles. The van der Waals surface area contributed by atoms with E-state index in [9.17, 15) is 9.59 Å². The molecular weight excluding hydrogens is 408 g/mol. The van der Waals surface area contributed by atoms with Gasteiger partial charge in [-0.2, -0.15) is 5.10 Å². The molecule has 4 aromatic heterocycles. The Hall–Kier alpha value is -4.27. The van der Waals surface area contributed by atoms with Crippen LogP contribution in [0.15, 0.2) is 66.0 Å². The van der Waals surface area contributed by atoms with Gasteiger partial charge in [0, 0.05) is 11.8 Å². The van der Waals surface area contributed by atoms with E-state index in [1.807, 2.05) is 43.5 Å². The normalized spacial score (nSPS) is 11.3. The molecule has 0 radical (unpaired) electrons. The predicted octanol–water partition coefficient (Wildman–Crippen LogP) is 2.77. The Morgan fingerprint density at radius 3 is 2.66 bits per heavy atom. The molecule has 0 aliphatic heterocycles. The van der Waals surface area contributed by atoms with Gasteiger partial charge in [0.2, 0.25) is 0 Å². The zero-order chi connectivity index (χ0) is 22.2. The summed E-state index contributed by atoms with van der Waals surface area (Å²) in [6.07, 6.45) is 6.78. The zero-order valence-electron chi connectivity index (χ0n) is 17.6. The highest BCUT2D eigenvalue weighted by atomic mass is 16.5. The fourth-order valence-electron chi connectivity index (χ4n) is 3.88. The van der Waals surface area contributed by atoms with E-state index in [1.165, 1.54) is 9.13 Å². The summed E-state index contributed by atoms with van der Waals surface area (Å²) in [6.45, 7) is 3.72. The molecule has 0 bridgehead atoms. The second-order valence-electron chi connectivity index (χ2n) is 7.30. The summed E-state index contributed by atoms with van der Waals surface area (Å²) in [5.74, 6) is -0.0955. The zero-order valence-corrected chi connectivity index (χ0v) is 17.6. The van der Waals surface area contributed by atoms with Gasteiger partial charge in [-0.25, -0.2) is 18.9 Å². The molecular formula is C23H20N6O3. The Balaban J connectivity index is 1.63. The highest BCUT2D eigenvalue weighted by molar-refractivity contribution is 5.83. The average molecular weight is 428 g/mol. The number of hydrogen-bond acceptors (Lipinski definition) is 6. The summed E-state index contributed by atoms with van der Waals surface area (Å²) in [7, 11) is 0. The molecule has 32 heavy (non-hydrogen) atoms. The van der Waals surface area contributed by atoms with Crippen LogP contribution in [0.5, 0.6) is 0 Å². The lowest BCUT2D eigenvalue weighted by Gasteiger charge is -2.05. The van der Waals surface area contributed by atoms with Crippen molar-refractivity contribution in [2.24, 2.45) is 0 Å². The third-order valence-corrected chi connectivity index (χ3v) is 5.32. The number of esters is 1. The molecule has 9 nitrogen and oxygen atoms in total. The molecule has 5 aromatic rings. The Morgan fingerprint density at radius 2 is 1.88 bits per heavy atom. The summed E-state index contributed by atoms with van der Waals surface area (Å²) < 4.78 is 9.70. The number of aryl methyl sites for hydroxylation is 1. The van der Waals surface area contributed by atoms with E-state index in [0.717, 1.165) is 16.6 Å². The fraction of sp³-hybridized carbons (Fsp3) is 0.174. The smallest absolute Gasteiger partial charge is 0.335 e. The van der Waals surface area contributed by atoms with Crippen molar-refractivity contribution < 1.29 is 9.53 Å². The van der Waals surface area contributed by atoms with Crippen molar-refractivity contribution in [3.8, 4) is 17.1 Å². The molecule has 0 N–H and O–H groups in total. The minimum Gasteiger partial charge on any atom is -0.465 e. The monoisotopic (exact) mass is 428 g/mol. The standard InChI is InChI=1S/C23H20N6O3/c1-3-32-21(30)14-27-19-9-6-7-15(2)22(19)29(23(27)31)20-13-24-17(12-25-20)16-11-26-28-10-5-4-8-18(16)28/h4-13H,3,14H2,1-2H3. The molecule has 0 unspecified atom stereocenters. The largest absolute Gasteiger partial charge is 0.465 e. The Kier molecular flexibility index (Phi) is 4.78. The number of hydrogen-bond donors (Lipinski definition) is 0. The first-order valence-corrected chi connectivity index (χ1v) is 10.2. The fourth-order valence-corrected chi connectivity index (χ4v) is 3.88. The van der Waals surface area contributed by atoms with Gasteiger partial charge in [-0.05, 0) is 37.6 Å². The lowest BCUT2D eigenvalue weighted by molar-refractivity contribution is -0.143. The van der Waals surface area contributed by atoms with Crippen LogP contribution in [-0.2, 0) is 16.1 Å². The Bertz CT molecular complexity index is 1510. The maximum absolute atomic E-state index is 13.3. The van der Waals surface area contributed by atoms with Gasteiger partial charge >= 0.3 is 11.7 Å². The molecule has 1 aromatic carbocycles. The average Bonchev–Trinajstić information content (AvgIpc) is 3.35. The van der Waals surface area contributed by atoms with Crippen molar-refractivity contribution in [1.82, 2.24) is 28.7 Å². The summed E-state index contributed by atoms with van der Waals surface area (Å²) in [4.78, 5) is 34.5. The SMILES string of the molecule is CCOC(=O)Cn1c(=O)n(-c2cnc(-c3cnn4ccccc34)cn2)c2c(C)cccc21. The van der Waals surface area contributed by atoms with E-state index in [1.54, 1.807) is 36.1 Å². The lowest BCUT2D eigenvalue weighted by atomic mass is 10.2. The van der Waals surface area contributed by atoms with Gasteiger partial charge in [-0.1, -0.05) is 18.2 Å². The summed E-state index contributed by atoms with van der Waals surface area (Å²) in [5.41, 5.74) is 4.23. The van der Waals surface area contributed by atoms with E-state index in [0.29, 0.717) is 22.5 Å². The van der Waals surface area contributed by atoms with E-state index in [-0.39, 0.29) is 18.8 Å². The van der Waals surface area contributed by atoms with E-state index < -0.39 is 5.97 Å². The summed E-state index contributed by atoms with van der Waals surface area (Å²) >= 11 is 0. The number of para-hydroxylation sites is 1. The predicted molar refractivity (Wildman–Crippen MR) is 119 cm³/mol. The number of ether oxygens (including phenoxy) is 1. The van der Waals surface area contributed by atoms with Crippen molar-refractivity contribution >= 4 is 22.5 Å². The highest BCUT2D eigenvalue weighted by Gasteiger charge is 2.20. The van der Waals surface area contributed by atoms with Crippen LogP contribution in [0.3, 0.4) is 0 Å². The van der Waals surface area contributed by atoms with Crippen molar-refractivity contribution in [3.63, 3.8) is 0 Å². The molecule has 160 valence electrons. The number of rotatable bonds is 5. The van der Waals surface area contributed by atoms with Crippen molar-refractivity contribution in [2.75, 3.05) is 6.61 Å². The molecule has 0 saturated carbocycles. The van der Waals surface area contributed by atoms with Gasteiger partial charge in [0.1, 0.15) is 6.54 Å². The number of aromatic nitrogens is 6. The van der Waals surface area contributed by atoms with Crippen LogP contribution >= 0.6 is 0 Å². The van der Waals surface area contributed by atoms with Crippen LogP contribution in [0.25, 0.3) is 33.6 Å². The maximum atomic E-state index is 13.3. The van der Waals surface area contributed by atoms with E-state index in [4.69, 9.17) is 4.74 Å². The number of benzene rings is 1. The van der Waals surface area contributed by atoms with Crippen LogP contribution in [-0.4, -0.2) is 41.3 Å². The van der Waals surface area contributed by atoms with Gasteiger partial charge < -0.3 is 4.74 Å². The number of imidazole rings is 1. The topological polar surface area (TPSA) is 96.3 Å². The molecule has 4 heterocycles. The Labute approximate surface area is 182 Å². The minimum absolute atomic E-state index is 0.173. The first-order chi connectivity index (χ1) is 15.6. The van der Waals surface area contributed by atoms with Gasteiger partial charge in [-0.3, -0.25) is 14.3 Å². The highest BCUT2D eigenvalue weighted by Crippen LogP contribution is 2.24. The first kappa shape index (κ1) is 19.7. The minimum atomic E-state index is -0.468. The second kappa shape index (κ2) is 7.77. The first-order valence-electron chi connectivity index (χ1n) is 10.2. The van der Waals surface area contributed by atoms with Crippen molar-refractivity contribution in [3.05, 3.63) is 77.2 Å². The molecule has 0 saturated heterocycles. The number of nitrogens with zero attached hydrogens (tertiary/aromatic N) is 6. The molecule has 0 amide bonds. The molecule has 0 spiro atoms. The summed E-state index contributed by atoms with van der Waals surface area (Å²) in [5, 5.41) is 4.33. The third-order valence-electron chi connectivity index (χ3n) is 5.32. The van der Waals surface area contributed by atoms with Gasteiger partial charge in [0.15, 0.2) is 5.82 Å². The van der Waals surface area contributed by atoms with Crippen molar-refractivity contribution in [1.29, 1.82) is 0 Å². The van der Waals surface area contributed by atoms with Gasteiger partial charge in [0.05, 0.1) is 47.4 Å².